The molecular formula is C14H10BrF2NO3. The summed E-state index contributed by atoms with van der Waals surface area (Å²) in [4.78, 5) is 10.2. The van der Waals surface area contributed by atoms with Crippen LogP contribution in [0.25, 0.3) is 0 Å². The Morgan fingerprint density at radius 3 is 2.57 bits per heavy atom. The summed E-state index contributed by atoms with van der Waals surface area (Å²) in [6.45, 7) is -0.293. The summed E-state index contributed by atoms with van der Waals surface area (Å²) in [5.74, 6) is -1.24. The van der Waals surface area contributed by atoms with E-state index in [1.54, 1.807) is 6.07 Å². The van der Waals surface area contributed by atoms with Crippen molar-refractivity contribution >= 4 is 21.6 Å². The monoisotopic (exact) mass is 357 g/mol. The third kappa shape index (κ3) is 3.75. The highest BCUT2D eigenvalue weighted by molar-refractivity contribution is 9.08. The molecule has 0 aromatic heterocycles. The van der Waals surface area contributed by atoms with Crippen molar-refractivity contribution in [3.8, 4) is 5.75 Å². The van der Waals surface area contributed by atoms with Gasteiger partial charge in [-0.15, -0.1) is 0 Å². The van der Waals surface area contributed by atoms with E-state index in [0.29, 0.717) is 5.33 Å². The molecule has 21 heavy (non-hydrogen) atoms. The second-order valence-electron chi connectivity index (χ2n) is 4.22. The van der Waals surface area contributed by atoms with Gasteiger partial charge in [0.2, 0.25) is 0 Å². The van der Waals surface area contributed by atoms with Crippen LogP contribution in [0.3, 0.4) is 0 Å². The van der Waals surface area contributed by atoms with Crippen LogP contribution in [-0.2, 0) is 11.9 Å². The Morgan fingerprint density at radius 1 is 1.19 bits per heavy atom. The van der Waals surface area contributed by atoms with E-state index in [0.717, 1.165) is 23.8 Å². The van der Waals surface area contributed by atoms with Crippen LogP contribution in [0.15, 0.2) is 36.4 Å². The Labute approximate surface area is 127 Å². The molecule has 2 rings (SSSR count). The van der Waals surface area contributed by atoms with Gasteiger partial charge in [-0.1, -0.05) is 22.0 Å². The van der Waals surface area contributed by atoms with Gasteiger partial charge in [-0.2, -0.15) is 0 Å². The van der Waals surface area contributed by atoms with Crippen molar-refractivity contribution in [3.63, 3.8) is 0 Å². The second kappa shape index (κ2) is 6.62. The fraction of sp³-hybridized carbons (Fsp3) is 0.143. The van der Waals surface area contributed by atoms with Gasteiger partial charge in [0.1, 0.15) is 12.4 Å². The summed E-state index contributed by atoms with van der Waals surface area (Å²) in [5.41, 5.74) is 0.509. The van der Waals surface area contributed by atoms with Gasteiger partial charge in [0.05, 0.1) is 10.5 Å². The van der Waals surface area contributed by atoms with Crippen molar-refractivity contribution in [1.82, 2.24) is 0 Å². The molecule has 2 aromatic carbocycles. The molecule has 0 amide bonds. The first-order valence-electron chi connectivity index (χ1n) is 5.91. The highest BCUT2D eigenvalue weighted by atomic mass is 79.9. The molecule has 0 fully saturated rings. The Hall–Kier alpha value is -2.02. The summed E-state index contributed by atoms with van der Waals surface area (Å²) in [6.07, 6.45) is 0. The van der Waals surface area contributed by atoms with Gasteiger partial charge in [0, 0.05) is 11.4 Å². The SMILES string of the molecule is O=[N+]([O-])c1ccc(F)cc1COc1ccc(CBr)cc1F. The van der Waals surface area contributed by atoms with Crippen molar-refractivity contribution in [2.45, 2.75) is 11.9 Å². The number of halogens is 3. The van der Waals surface area contributed by atoms with Gasteiger partial charge in [0.25, 0.3) is 5.69 Å². The predicted octanol–water partition coefficient (Wildman–Crippen LogP) is 4.35. The zero-order valence-electron chi connectivity index (χ0n) is 10.7. The molecule has 0 saturated carbocycles. The lowest BCUT2D eigenvalue weighted by atomic mass is 10.2. The number of nitro benzene ring substituents is 1. The lowest BCUT2D eigenvalue weighted by Gasteiger charge is -2.08. The van der Waals surface area contributed by atoms with E-state index < -0.39 is 16.6 Å². The lowest BCUT2D eigenvalue weighted by molar-refractivity contribution is -0.385. The van der Waals surface area contributed by atoms with Gasteiger partial charge < -0.3 is 4.74 Å². The quantitative estimate of drug-likeness (QED) is 0.454. The molecule has 2 aromatic rings. The number of benzene rings is 2. The van der Waals surface area contributed by atoms with E-state index in [2.05, 4.69) is 15.9 Å². The minimum absolute atomic E-state index is 0.0433. The Balaban J connectivity index is 2.20. The minimum Gasteiger partial charge on any atom is -0.486 e. The maximum Gasteiger partial charge on any atom is 0.276 e. The van der Waals surface area contributed by atoms with Crippen molar-refractivity contribution in [1.29, 1.82) is 0 Å². The normalized spacial score (nSPS) is 10.4. The summed E-state index contributed by atoms with van der Waals surface area (Å²) in [7, 11) is 0. The zero-order valence-corrected chi connectivity index (χ0v) is 12.3. The van der Waals surface area contributed by atoms with E-state index in [-0.39, 0.29) is 23.6 Å². The number of ether oxygens (including phenoxy) is 1. The molecule has 0 heterocycles. The van der Waals surface area contributed by atoms with Crippen LogP contribution in [0.5, 0.6) is 5.75 Å². The predicted molar refractivity (Wildman–Crippen MR) is 76.4 cm³/mol. The molecule has 0 atom stereocenters. The average molecular weight is 358 g/mol. The third-order valence-corrected chi connectivity index (χ3v) is 3.42. The molecule has 0 aliphatic rings. The first-order valence-corrected chi connectivity index (χ1v) is 7.03. The molecule has 0 saturated heterocycles. The van der Waals surface area contributed by atoms with Gasteiger partial charge in [-0.05, 0) is 29.8 Å². The zero-order chi connectivity index (χ0) is 15.4. The van der Waals surface area contributed by atoms with Gasteiger partial charge in [0.15, 0.2) is 11.6 Å². The van der Waals surface area contributed by atoms with Gasteiger partial charge in [-0.25, -0.2) is 8.78 Å². The topological polar surface area (TPSA) is 52.4 Å². The Morgan fingerprint density at radius 2 is 1.95 bits per heavy atom. The van der Waals surface area contributed by atoms with Crippen LogP contribution >= 0.6 is 15.9 Å². The highest BCUT2D eigenvalue weighted by Crippen LogP contribution is 2.24. The van der Waals surface area contributed by atoms with Crippen LogP contribution < -0.4 is 4.74 Å². The smallest absolute Gasteiger partial charge is 0.276 e. The van der Waals surface area contributed by atoms with Crippen LogP contribution in [0.1, 0.15) is 11.1 Å². The summed E-state index contributed by atoms with van der Waals surface area (Å²) in [6, 6.07) is 7.43. The molecule has 7 heteroatoms. The molecule has 0 aliphatic carbocycles. The van der Waals surface area contributed by atoms with E-state index in [9.17, 15) is 18.9 Å². The maximum atomic E-state index is 13.7. The summed E-state index contributed by atoms with van der Waals surface area (Å²) < 4.78 is 32.1. The lowest BCUT2D eigenvalue weighted by Crippen LogP contribution is -2.02. The average Bonchev–Trinajstić information content (AvgIpc) is 2.45. The standard InChI is InChI=1S/C14H10BrF2NO3/c15-7-9-1-4-14(12(17)5-9)21-8-10-6-11(16)2-3-13(10)18(19)20/h1-6H,7-8H2. The van der Waals surface area contributed by atoms with Gasteiger partial charge >= 0.3 is 0 Å². The molecule has 110 valence electrons. The Bertz CT molecular complexity index is 679. The number of alkyl halides is 1. The largest absolute Gasteiger partial charge is 0.486 e. The van der Waals surface area contributed by atoms with Crippen molar-refractivity contribution in [3.05, 3.63) is 69.3 Å². The molecule has 0 N–H and O–H groups in total. The molecule has 0 spiro atoms. The van der Waals surface area contributed by atoms with E-state index >= 15 is 0 Å². The van der Waals surface area contributed by atoms with Crippen LogP contribution in [0.2, 0.25) is 0 Å². The van der Waals surface area contributed by atoms with Gasteiger partial charge in [-0.3, -0.25) is 10.1 Å². The van der Waals surface area contributed by atoms with Crippen LogP contribution in [0.4, 0.5) is 14.5 Å². The number of nitrogens with zero attached hydrogens (tertiary/aromatic N) is 1. The molecule has 0 bridgehead atoms. The van der Waals surface area contributed by atoms with Crippen molar-refractivity contribution in [2.75, 3.05) is 0 Å². The first-order chi connectivity index (χ1) is 10.0. The molecular weight excluding hydrogens is 348 g/mol. The van der Waals surface area contributed by atoms with E-state index in [1.807, 2.05) is 0 Å². The van der Waals surface area contributed by atoms with Crippen molar-refractivity contribution < 1.29 is 18.4 Å². The number of rotatable bonds is 5. The minimum atomic E-state index is -0.636. The summed E-state index contributed by atoms with van der Waals surface area (Å²) >= 11 is 3.20. The summed E-state index contributed by atoms with van der Waals surface area (Å²) in [5, 5.41) is 11.3. The second-order valence-corrected chi connectivity index (χ2v) is 4.78. The highest BCUT2D eigenvalue weighted by Gasteiger charge is 2.15. The number of hydrogen-bond donors (Lipinski definition) is 0. The molecule has 4 nitrogen and oxygen atoms in total. The number of nitro groups is 1. The maximum absolute atomic E-state index is 13.7. The Kier molecular flexibility index (Phi) is 4.85. The van der Waals surface area contributed by atoms with E-state index in [4.69, 9.17) is 4.74 Å². The number of hydrogen-bond acceptors (Lipinski definition) is 3. The van der Waals surface area contributed by atoms with Crippen LogP contribution in [-0.4, -0.2) is 4.92 Å². The molecule has 0 aliphatic heterocycles. The van der Waals surface area contributed by atoms with Crippen LogP contribution in [0, 0.1) is 21.7 Å². The van der Waals surface area contributed by atoms with Crippen molar-refractivity contribution in [2.24, 2.45) is 0 Å². The third-order valence-electron chi connectivity index (χ3n) is 2.77. The van der Waals surface area contributed by atoms with E-state index in [1.165, 1.54) is 12.1 Å². The molecule has 0 unspecified atom stereocenters. The fourth-order valence-corrected chi connectivity index (χ4v) is 2.10. The fourth-order valence-electron chi connectivity index (χ4n) is 1.75. The molecule has 0 radical (unpaired) electrons. The first kappa shape index (κ1) is 15.4.